The predicted octanol–water partition coefficient (Wildman–Crippen LogP) is 1.48. The van der Waals surface area contributed by atoms with Gasteiger partial charge in [0.15, 0.2) is 11.6 Å². The first kappa shape index (κ1) is 12.1. The van der Waals surface area contributed by atoms with Crippen LogP contribution in [0.4, 0.5) is 8.78 Å². The molecule has 6 heteroatoms. The van der Waals surface area contributed by atoms with Crippen molar-refractivity contribution in [2.45, 2.75) is 6.42 Å². The third kappa shape index (κ3) is 4.35. The highest BCUT2D eigenvalue weighted by atomic mass is 32.2. The van der Waals surface area contributed by atoms with Crippen molar-refractivity contribution in [2.24, 2.45) is 0 Å². The average Bonchev–Trinajstić information content (AvgIpc) is 2.09. The van der Waals surface area contributed by atoms with E-state index in [1.54, 1.807) is 0 Å². The van der Waals surface area contributed by atoms with E-state index < -0.39 is 21.8 Å². The zero-order chi connectivity index (χ0) is 11.5. The minimum absolute atomic E-state index is 0.0795. The highest BCUT2D eigenvalue weighted by Gasteiger charge is 2.04. The Morgan fingerprint density at radius 1 is 1.27 bits per heavy atom. The predicted molar refractivity (Wildman–Crippen MR) is 50.9 cm³/mol. The van der Waals surface area contributed by atoms with Gasteiger partial charge in [-0.2, -0.15) is 8.42 Å². The minimum atomic E-state index is -3.48. The highest BCUT2D eigenvalue weighted by Crippen LogP contribution is 2.09. The molecule has 1 aromatic carbocycles. The molecule has 0 aliphatic heterocycles. The van der Waals surface area contributed by atoms with Crippen LogP contribution in [0.2, 0.25) is 0 Å². The summed E-state index contributed by atoms with van der Waals surface area (Å²) in [5.74, 6) is -1.88. The maximum Gasteiger partial charge on any atom is 0.264 e. The van der Waals surface area contributed by atoms with E-state index in [2.05, 4.69) is 4.18 Å². The maximum absolute atomic E-state index is 12.7. The van der Waals surface area contributed by atoms with Gasteiger partial charge in [-0.1, -0.05) is 6.07 Å². The van der Waals surface area contributed by atoms with E-state index in [0.717, 1.165) is 18.4 Å². The van der Waals surface area contributed by atoms with Gasteiger partial charge in [0.2, 0.25) is 0 Å². The van der Waals surface area contributed by atoms with Gasteiger partial charge in [-0.15, -0.1) is 0 Å². The van der Waals surface area contributed by atoms with Crippen LogP contribution >= 0.6 is 0 Å². The van der Waals surface area contributed by atoms with Crippen LogP contribution in [0.15, 0.2) is 18.2 Å². The molecule has 15 heavy (non-hydrogen) atoms. The normalized spacial score (nSPS) is 11.7. The van der Waals surface area contributed by atoms with Crippen LogP contribution in [-0.4, -0.2) is 21.3 Å². The van der Waals surface area contributed by atoms with Gasteiger partial charge in [-0.25, -0.2) is 8.78 Å². The second kappa shape index (κ2) is 4.67. The summed E-state index contributed by atoms with van der Waals surface area (Å²) >= 11 is 0. The molecule has 0 radical (unpaired) electrons. The van der Waals surface area contributed by atoms with Gasteiger partial charge in [-0.05, 0) is 24.1 Å². The van der Waals surface area contributed by atoms with Crippen molar-refractivity contribution in [3.8, 4) is 0 Å². The summed E-state index contributed by atoms with van der Waals surface area (Å²) in [6.07, 6.45) is 1.14. The van der Waals surface area contributed by atoms with Crippen molar-refractivity contribution in [3.05, 3.63) is 35.4 Å². The maximum atomic E-state index is 12.7. The van der Waals surface area contributed by atoms with Crippen molar-refractivity contribution in [1.82, 2.24) is 0 Å². The Labute approximate surface area is 86.8 Å². The van der Waals surface area contributed by atoms with E-state index in [-0.39, 0.29) is 13.0 Å². The smallest absolute Gasteiger partial charge is 0.264 e. The average molecular weight is 236 g/mol. The van der Waals surface area contributed by atoms with E-state index in [9.17, 15) is 17.2 Å². The fraction of sp³-hybridized carbons (Fsp3) is 0.333. The second-order valence-electron chi connectivity index (χ2n) is 3.02. The van der Waals surface area contributed by atoms with Crippen LogP contribution < -0.4 is 0 Å². The molecular formula is C9H10F2O3S. The van der Waals surface area contributed by atoms with Gasteiger partial charge in [0.25, 0.3) is 10.1 Å². The van der Waals surface area contributed by atoms with E-state index >= 15 is 0 Å². The SMILES string of the molecule is CS(=O)(=O)OCCc1ccc(F)c(F)c1. The topological polar surface area (TPSA) is 43.4 Å². The number of benzene rings is 1. The molecule has 0 spiro atoms. The van der Waals surface area contributed by atoms with Crippen LogP contribution in [-0.2, 0) is 20.7 Å². The Morgan fingerprint density at radius 3 is 2.47 bits per heavy atom. The molecule has 0 atom stereocenters. The Kier molecular flexibility index (Phi) is 3.76. The lowest BCUT2D eigenvalue weighted by Crippen LogP contribution is -2.06. The first-order chi connectivity index (χ1) is 6.88. The standard InChI is InChI=1S/C9H10F2O3S/c1-15(12,13)14-5-4-7-2-3-8(10)9(11)6-7/h2-3,6H,4-5H2,1H3. The molecule has 0 unspecified atom stereocenters. The molecule has 0 bridgehead atoms. The number of rotatable bonds is 4. The second-order valence-corrected chi connectivity index (χ2v) is 4.67. The van der Waals surface area contributed by atoms with Crippen LogP contribution in [0.1, 0.15) is 5.56 Å². The quantitative estimate of drug-likeness (QED) is 0.744. The zero-order valence-electron chi connectivity index (χ0n) is 8.04. The first-order valence-electron chi connectivity index (χ1n) is 4.17. The summed E-state index contributed by atoms with van der Waals surface area (Å²) in [4.78, 5) is 0. The lowest BCUT2D eigenvalue weighted by atomic mass is 10.1. The Bertz CT molecular complexity index is 443. The number of hydrogen-bond donors (Lipinski definition) is 0. The molecule has 0 aliphatic carbocycles. The van der Waals surface area contributed by atoms with E-state index in [1.165, 1.54) is 6.07 Å². The molecule has 0 aromatic heterocycles. The van der Waals surface area contributed by atoms with Gasteiger partial charge in [-0.3, -0.25) is 4.18 Å². The lowest BCUT2D eigenvalue weighted by Gasteiger charge is -2.02. The fourth-order valence-electron chi connectivity index (χ4n) is 1.01. The van der Waals surface area contributed by atoms with Gasteiger partial charge >= 0.3 is 0 Å². The zero-order valence-corrected chi connectivity index (χ0v) is 8.85. The molecular weight excluding hydrogens is 226 g/mol. The van der Waals surface area contributed by atoms with Crippen LogP contribution in [0.25, 0.3) is 0 Å². The summed E-state index contributed by atoms with van der Waals surface area (Å²) in [5, 5.41) is 0. The number of halogens is 2. The van der Waals surface area contributed by atoms with Gasteiger partial charge in [0, 0.05) is 0 Å². The number of hydrogen-bond acceptors (Lipinski definition) is 3. The summed E-state index contributed by atoms with van der Waals surface area (Å²) in [7, 11) is -3.48. The van der Waals surface area contributed by atoms with Crippen molar-refractivity contribution in [2.75, 3.05) is 12.9 Å². The summed E-state index contributed by atoms with van der Waals surface area (Å²) in [5.41, 5.74) is 0.484. The van der Waals surface area contributed by atoms with Crippen molar-refractivity contribution < 1.29 is 21.4 Å². The molecule has 0 saturated carbocycles. The third-order valence-electron chi connectivity index (χ3n) is 1.67. The van der Waals surface area contributed by atoms with Crippen molar-refractivity contribution in [1.29, 1.82) is 0 Å². The molecule has 0 fully saturated rings. The van der Waals surface area contributed by atoms with E-state index in [4.69, 9.17) is 0 Å². The van der Waals surface area contributed by atoms with Gasteiger partial charge in [0.05, 0.1) is 12.9 Å². The molecule has 0 aliphatic rings. The molecule has 1 rings (SSSR count). The minimum Gasteiger partial charge on any atom is -0.270 e. The Balaban J connectivity index is 2.55. The molecule has 84 valence electrons. The van der Waals surface area contributed by atoms with E-state index in [1.807, 2.05) is 0 Å². The fourth-order valence-corrected chi connectivity index (χ4v) is 1.39. The third-order valence-corrected chi connectivity index (χ3v) is 2.27. The van der Waals surface area contributed by atoms with Crippen molar-refractivity contribution >= 4 is 10.1 Å². The molecule has 0 N–H and O–H groups in total. The summed E-state index contributed by atoms with van der Waals surface area (Å²) in [6.45, 7) is -0.0795. The van der Waals surface area contributed by atoms with Gasteiger partial charge < -0.3 is 0 Å². The van der Waals surface area contributed by atoms with Crippen LogP contribution in [0.5, 0.6) is 0 Å². The molecule has 0 heterocycles. The van der Waals surface area contributed by atoms with Crippen molar-refractivity contribution in [3.63, 3.8) is 0 Å². The Morgan fingerprint density at radius 2 is 1.93 bits per heavy atom. The summed E-state index contributed by atoms with van der Waals surface area (Å²) < 4.78 is 50.8. The molecule has 0 amide bonds. The van der Waals surface area contributed by atoms with Gasteiger partial charge in [0.1, 0.15) is 0 Å². The molecule has 0 saturated heterocycles. The summed E-state index contributed by atoms with van der Waals surface area (Å²) in [6, 6.07) is 3.39. The lowest BCUT2D eigenvalue weighted by molar-refractivity contribution is 0.325. The first-order valence-corrected chi connectivity index (χ1v) is 5.98. The largest absolute Gasteiger partial charge is 0.270 e. The van der Waals surface area contributed by atoms with Crippen LogP contribution in [0, 0.1) is 11.6 Å². The Hall–Kier alpha value is -1.01. The monoisotopic (exact) mass is 236 g/mol. The highest BCUT2D eigenvalue weighted by molar-refractivity contribution is 7.85. The van der Waals surface area contributed by atoms with Crippen LogP contribution in [0.3, 0.4) is 0 Å². The molecule has 1 aromatic rings. The van der Waals surface area contributed by atoms with E-state index in [0.29, 0.717) is 5.56 Å². The molecule has 3 nitrogen and oxygen atoms in total.